The molecule has 4 N–H and O–H groups in total. The summed E-state index contributed by atoms with van der Waals surface area (Å²) in [5, 5.41) is 17.7. The average molecular weight is 211 g/mol. The van der Waals surface area contributed by atoms with Crippen LogP contribution in [0.1, 0.15) is 5.56 Å². The Morgan fingerprint density at radius 3 is 2.40 bits per heavy atom. The Kier molecular flexibility index (Phi) is 4.33. The van der Waals surface area contributed by atoms with Gasteiger partial charge in [-0.3, -0.25) is 0 Å². The van der Waals surface area contributed by atoms with Crippen LogP contribution in [-0.4, -0.2) is 41.5 Å². The van der Waals surface area contributed by atoms with Crippen molar-refractivity contribution >= 4 is 11.5 Å². The second-order valence-corrected chi connectivity index (χ2v) is 3.33. The molecule has 0 amide bonds. The van der Waals surface area contributed by atoms with Crippen LogP contribution < -0.4 is 10.6 Å². The van der Waals surface area contributed by atoms with Gasteiger partial charge in [-0.15, -0.1) is 0 Å². The van der Waals surface area contributed by atoms with Gasteiger partial charge in [-0.05, 0) is 12.5 Å². The number of nitrogens with zero attached hydrogens (tertiary/aromatic N) is 2. The first-order chi connectivity index (χ1) is 7.19. The number of pyridine rings is 1. The van der Waals surface area contributed by atoms with E-state index in [9.17, 15) is 0 Å². The zero-order valence-corrected chi connectivity index (χ0v) is 8.85. The molecule has 5 nitrogen and oxygen atoms in total. The number of aliphatic hydroxyl groups excluding tert-OH is 2. The number of nitrogens with two attached hydrogens (primary N) is 1. The SMILES string of the molecule is Cc1cnc(N(CCO)CCO)cc1N. The van der Waals surface area contributed by atoms with Crippen molar-refractivity contribution < 1.29 is 10.2 Å². The molecule has 1 aromatic heterocycles. The normalized spacial score (nSPS) is 10.3. The highest BCUT2D eigenvalue weighted by Gasteiger charge is 2.07. The molecule has 0 aliphatic heterocycles. The molecule has 1 heterocycles. The minimum Gasteiger partial charge on any atom is -0.398 e. The predicted octanol–water partition coefficient (Wildman–Crippen LogP) is -0.237. The lowest BCUT2D eigenvalue weighted by Crippen LogP contribution is -2.30. The van der Waals surface area contributed by atoms with E-state index in [-0.39, 0.29) is 13.2 Å². The van der Waals surface area contributed by atoms with Crippen molar-refractivity contribution in [2.45, 2.75) is 6.92 Å². The highest BCUT2D eigenvalue weighted by Crippen LogP contribution is 2.17. The van der Waals surface area contributed by atoms with Gasteiger partial charge in [0.1, 0.15) is 5.82 Å². The van der Waals surface area contributed by atoms with Gasteiger partial charge in [0.25, 0.3) is 0 Å². The van der Waals surface area contributed by atoms with Gasteiger partial charge in [-0.25, -0.2) is 4.98 Å². The monoisotopic (exact) mass is 211 g/mol. The Labute approximate surface area is 89.2 Å². The summed E-state index contributed by atoms with van der Waals surface area (Å²) in [6, 6.07) is 1.75. The van der Waals surface area contributed by atoms with Crippen molar-refractivity contribution in [3.63, 3.8) is 0 Å². The first kappa shape index (κ1) is 11.7. The van der Waals surface area contributed by atoms with Crippen molar-refractivity contribution in [1.29, 1.82) is 0 Å². The van der Waals surface area contributed by atoms with E-state index in [1.807, 2.05) is 6.92 Å². The fraction of sp³-hybridized carbons (Fsp3) is 0.500. The first-order valence-corrected chi connectivity index (χ1v) is 4.88. The Morgan fingerprint density at radius 2 is 1.93 bits per heavy atom. The van der Waals surface area contributed by atoms with E-state index in [0.29, 0.717) is 24.6 Å². The van der Waals surface area contributed by atoms with Crippen LogP contribution in [0.3, 0.4) is 0 Å². The maximum atomic E-state index is 8.87. The van der Waals surface area contributed by atoms with Crippen LogP contribution in [0.4, 0.5) is 11.5 Å². The Balaban J connectivity index is 2.85. The first-order valence-electron chi connectivity index (χ1n) is 4.88. The second-order valence-electron chi connectivity index (χ2n) is 3.33. The van der Waals surface area contributed by atoms with Gasteiger partial charge in [0.15, 0.2) is 0 Å². The third-order valence-electron chi connectivity index (χ3n) is 2.19. The summed E-state index contributed by atoms with van der Waals surface area (Å²) in [6.45, 7) is 2.81. The molecule has 0 radical (unpaired) electrons. The smallest absolute Gasteiger partial charge is 0.130 e. The summed E-state index contributed by atoms with van der Waals surface area (Å²) in [7, 11) is 0. The van der Waals surface area contributed by atoms with Crippen molar-refractivity contribution in [2.24, 2.45) is 0 Å². The molecule has 0 saturated carbocycles. The van der Waals surface area contributed by atoms with E-state index in [1.165, 1.54) is 0 Å². The van der Waals surface area contributed by atoms with Gasteiger partial charge < -0.3 is 20.8 Å². The van der Waals surface area contributed by atoms with E-state index in [0.717, 1.165) is 5.56 Å². The topological polar surface area (TPSA) is 82.6 Å². The summed E-state index contributed by atoms with van der Waals surface area (Å²) in [6.07, 6.45) is 1.69. The molecular weight excluding hydrogens is 194 g/mol. The van der Waals surface area contributed by atoms with Crippen LogP contribution in [0.5, 0.6) is 0 Å². The van der Waals surface area contributed by atoms with Crippen LogP contribution in [0.15, 0.2) is 12.3 Å². The lowest BCUT2D eigenvalue weighted by atomic mass is 10.2. The molecular formula is C10H17N3O2. The molecule has 0 aliphatic carbocycles. The number of aliphatic hydroxyl groups is 2. The molecule has 0 aromatic carbocycles. The minimum atomic E-state index is 0.0233. The molecule has 0 atom stereocenters. The largest absolute Gasteiger partial charge is 0.398 e. The lowest BCUT2D eigenvalue weighted by Gasteiger charge is -2.22. The third kappa shape index (κ3) is 3.07. The lowest BCUT2D eigenvalue weighted by molar-refractivity contribution is 0.280. The average Bonchev–Trinajstić information content (AvgIpc) is 2.22. The molecule has 1 rings (SSSR count). The number of hydrogen-bond acceptors (Lipinski definition) is 5. The molecule has 0 unspecified atom stereocenters. The van der Waals surface area contributed by atoms with E-state index in [4.69, 9.17) is 15.9 Å². The molecule has 15 heavy (non-hydrogen) atoms. The van der Waals surface area contributed by atoms with Gasteiger partial charge >= 0.3 is 0 Å². The summed E-state index contributed by atoms with van der Waals surface area (Å²) >= 11 is 0. The summed E-state index contributed by atoms with van der Waals surface area (Å²) in [5.41, 5.74) is 7.35. The fourth-order valence-electron chi connectivity index (χ4n) is 1.28. The van der Waals surface area contributed by atoms with Crippen molar-refractivity contribution in [3.8, 4) is 0 Å². The number of rotatable bonds is 5. The maximum absolute atomic E-state index is 8.87. The number of aromatic nitrogens is 1. The number of nitrogen functional groups attached to an aromatic ring is 1. The van der Waals surface area contributed by atoms with E-state index >= 15 is 0 Å². The van der Waals surface area contributed by atoms with Crippen LogP contribution in [-0.2, 0) is 0 Å². The van der Waals surface area contributed by atoms with Crippen molar-refractivity contribution in [3.05, 3.63) is 17.8 Å². The molecule has 5 heteroatoms. The van der Waals surface area contributed by atoms with Gasteiger partial charge in [0.2, 0.25) is 0 Å². The highest BCUT2D eigenvalue weighted by atomic mass is 16.3. The van der Waals surface area contributed by atoms with Gasteiger partial charge in [0.05, 0.1) is 13.2 Å². The standard InChI is InChI=1S/C10H17N3O2/c1-8-7-12-10(6-9(8)11)13(2-4-14)3-5-15/h6-7,14-15H,2-5H2,1H3,(H2,11,12). The number of anilines is 2. The zero-order chi connectivity index (χ0) is 11.3. The highest BCUT2D eigenvalue weighted by molar-refractivity contribution is 5.54. The fourth-order valence-corrected chi connectivity index (χ4v) is 1.28. The number of aryl methyl sites for hydroxylation is 1. The van der Waals surface area contributed by atoms with Gasteiger partial charge in [-0.1, -0.05) is 0 Å². The summed E-state index contributed by atoms with van der Waals surface area (Å²) < 4.78 is 0. The third-order valence-corrected chi connectivity index (χ3v) is 2.19. The zero-order valence-electron chi connectivity index (χ0n) is 8.85. The molecule has 0 aliphatic rings. The Hall–Kier alpha value is -1.33. The van der Waals surface area contributed by atoms with Crippen LogP contribution in [0.25, 0.3) is 0 Å². The van der Waals surface area contributed by atoms with Crippen LogP contribution >= 0.6 is 0 Å². The quantitative estimate of drug-likeness (QED) is 0.626. The van der Waals surface area contributed by atoms with Crippen LogP contribution in [0, 0.1) is 6.92 Å². The molecule has 0 bridgehead atoms. The molecule has 0 spiro atoms. The second kappa shape index (κ2) is 5.53. The molecule has 1 aromatic rings. The molecule has 0 fully saturated rings. The Morgan fingerprint density at radius 1 is 1.33 bits per heavy atom. The van der Waals surface area contributed by atoms with E-state index < -0.39 is 0 Å². The number of hydrogen-bond donors (Lipinski definition) is 3. The van der Waals surface area contributed by atoms with E-state index in [1.54, 1.807) is 17.2 Å². The molecule has 84 valence electrons. The Bertz CT molecular complexity index is 312. The minimum absolute atomic E-state index is 0.0233. The van der Waals surface area contributed by atoms with Crippen molar-refractivity contribution in [1.82, 2.24) is 4.98 Å². The summed E-state index contributed by atoms with van der Waals surface area (Å²) in [4.78, 5) is 5.99. The van der Waals surface area contributed by atoms with Crippen molar-refractivity contribution in [2.75, 3.05) is 36.9 Å². The van der Waals surface area contributed by atoms with Gasteiger partial charge in [-0.2, -0.15) is 0 Å². The summed E-state index contributed by atoms with van der Waals surface area (Å²) in [5.74, 6) is 0.682. The van der Waals surface area contributed by atoms with E-state index in [2.05, 4.69) is 4.98 Å². The van der Waals surface area contributed by atoms with Gasteiger partial charge in [0, 0.05) is 31.0 Å². The molecule has 0 saturated heterocycles. The van der Waals surface area contributed by atoms with Crippen LogP contribution in [0.2, 0.25) is 0 Å². The predicted molar refractivity (Wildman–Crippen MR) is 59.8 cm³/mol. The maximum Gasteiger partial charge on any atom is 0.130 e.